The third kappa shape index (κ3) is 4.40. The summed E-state index contributed by atoms with van der Waals surface area (Å²) in [5.41, 5.74) is 1.41. The maximum Gasteiger partial charge on any atom is 0.240 e. The molecule has 0 fully saturated rings. The van der Waals surface area contributed by atoms with E-state index in [1.807, 2.05) is 49.4 Å². The zero-order valence-corrected chi connectivity index (χ0v) is 16.5. The van der Waals surface area contributed by atoms with Crippen LogP contribution in [0, 0.1) is 13.8 Å². The first-order valence-electron chi connectivity index (χ1n) is 8.67. The summed E-state index contributed by atoms with van der Waals surface area (Å²) in [6, 6.07) is 17.2. The molecular weight excluding hydrogens is 362 g/mol. The molecule has 3 rings (SSSR count). The Hall–Kier alpha value is -2.57. The number of hydrogen-bond donors (Lipinski definition) is 1. The Morgan fingerprint density at radius 1 is 0.926 bits per heavy atom. The first-order valence-corrected chi connectivity index (χ1v) is 10.2. The summed E-state index contributed by atoms with van der Waals surface area (Å²) in [7, 11) is -2.05. The molecule has 3 aromatic rings. The van der Waals surface area contributed by atoms with Crippen LogP contribution in [0.5, 0.6) is 11.5 Å². The summed E-state index contributed by atoms with van der Waals surface area (Å²) in [6.07, 6.45) is 0. The average molecular weight is 385 g/mol. The van der Waals surface area contributed by atoms with Crippen molar-refractivity contribution in [1.29, 1.82) is 0 Å². The minimum atomic E-state index is -3.61. The molecule has 0 saturated carbocycles. The molecule has 0 bridgehead atoms. The summed E-state index contributed by atoms with van der Waals surface area (Å²) < 4.78 is 38.7. The van der Waals surface area contributed by atoms with Crippen LogP contribution in [0.4, 0.5) is 0 Å². The van der Waals surface area contributed by atoms with Gasteiger partial charge in [-0.2, -0.15) is 0 Å². The molecule has 0 heterocycles. The van der Waals surface area contributed by atoms with Crippen molar-refractivity contribution >= 4 is 20.8 Å². The summed E-state index contributed by atoms with van der Waals surface area (Å²) >= 11 is 0. The number of methoxy groups -OCH3 is 1. The molecule has 27 heavy (non-hydrogen) atoms. The van der Waals surface area contributed by atoms with E-state index in [-0.39, 0.29) is 18.0 Å². The molecule has 0 saturated heterocycles. The van der Waals surface area contributed by atoms with Gasteiger partial charge in [-0.1, -0.05) is 30.3 Å². The SMILES string of the molecule is COc1cc(C)c(S(=O)(=O)NCCOc2ccc3ccccc3c2)cc1C. The highest BCUT2D eigenvalue weighted by Crippen LogP contribution is 2.25. The van der Waals surface area contributed by atoms with Gasteiger partial charge >= 0.3 is 0 Å². The van der Waals surface area contributed by atoms with Gasteiger partial charge in [0.2, 0.25) is 10.0 Å². The predicted molar refractivity (Wildman–Crippen MR) is 107 cm³/mol. The van der Waals surface area contributed by atoms with Crippen molar-refractivity contribution in [2.24, 2.45) is 0 Å². The zero-order chi connectivity index (χ0) is 19.4. The number of aryl methyl sites for hydroxylation is 2. The molecule has 0 aromatic heterocycles. The van der Waals surface area contributed by atoms with Crippen LogP contribution in [0.15, 0.2) is 59.5 Å². The van der Waals surface area contributed by atoms with Gasteiger partial charge in [-0.05, 0) is 60.0 Å². The number of hydrogen-bond acceptors (Lipinski definition) is 4. The van der Waals surface area contributed by atoms with Crippen molar-refractivity contribution in [1.82, 2.24) is 4.72 Å². The van der Waals surface area contributed by atoms with E-state index in [0.29, 0.717) is 17.1 Å². The van der Waals surface area contributed by atoms with Crippen molar-refractivity contribution in [2.45, 2.75) is 18.7 Å². The van der Waals surface area contributed by atoms with Crippen molar-refractivity contribution in [3.8, 4) is 11.5 Å². The molecule has 0 amide bonds. The van der Waals surface area contributed by atoms with E-state index in [0.717, 1.165) is 16.3 Å². The molecule has 0 aliphatic rings. The van der Waals surface area contributed by atoms with Gasteiger partial charge in [0.05, 0.1) is 12.0 Å². The molecule has 0 aliphatic heterocycles. The van der Waals surface area contributed by atoms with Crippen LogP contribution in [-0.2, 0) is 10.0 Å². The lowest BCUT2D eigenvalue weighted by Gasteiger charge is -2.13. The standard InChI is InChI=1S/C21H23NO4S/c1-15-13-21(16(2)12-20(15)25-3)27(23,24)22-10-11-26-19-9-8-17-6-4-5-7-18(17)14-19/h4-9,12-14,22H,10-11H2,1-3H3. The Kier molecular flexibility index (Phi) is 5.68. The summed E-state index contributed by atoms with van der Waals surface area (Å²) in [6.45, 7) is 3.99. The van der Waals surface area contributed by atoms with E-state index in [2.05, 4.69) is 4.72 Å². The second-order valence-electron chi connectivity index (χ2n) is 6.34. The van der Waals surface area contributed by atoms with Crippen LogP contribution >= 0.6 is 0 Å². The number of nitrogens with one attached hydrogen (secondary N) is 1. The molecule has 1 N–H and O–H groups in total. The maximum atomic E-state index is 12.6. The third-order valence-electron chi connectivity index (χ3n) is 4.37. The fourth-order valence-electron chi connectivity index (χ4n) is 2.95. The van der Waals surface area contributed by atoms with Gasteiger partial charge < -0.3 is 9.47 Å². The fraction of sp³-hybridized carbons (Fsp3) is 0.238. The quantitative estimate of drug-likeness (QED) is 0.628. The highest BCUT2D eigenvalue weighted by atomic mass is 32.2. The minimum absolute atomic E-state index is 0.180. The Bertz CT molecular complexity index is 1060. The van der Waals surface area contributed by atoms with Crippen LogP contribution in [0.25, 0.3) is 10.8 Å². The third-order valence-corrected chi connectivity index (χ3v) is 5.97. The van der Waals surface area contributed by atoms with Gasteiger partial charge in [0, 0.05) is 6.54 Å². The molecule has 142 valence electrons. The van der Waals surface area contributed by atoms with Gasteiger partial charge in [-0.25, -0.2) is 13.1 Å². The molecule has 5 nitrogen and oxygen atoms in total. The first-order chi connectivity index (χ1) is 12.9. The highest BCUT2D eigenvalue weighted by molar-refractivity contribution is 7.89. The number of sulfonamides is 1. The minimum Gasteiger partial charge on any atom is -0.496 e. The van der Waals surface area contributed by atoms with E-state index < -0.39 is 10.0 Å². The highest BCUT2D eigenvalue weighted by Gasteiger charge is 2.18. The normalized spacial score (nSPS) is 11.5. The van der Waals surface area contributed by atoms with Crippen LogP contribution < -0.4 is 14.2 Å². The Morgan fingerprint density at radius 2 is 1.67 bits per heavy atom. The molecule has 3 aromatic carbocycles. The van der Waals surface area contributed by atoms with Crippen LogP contribution in [-0.4, -0.2) is 28.7 Å². The monoisotopic (exact) mass is 385 g/mol. The lowest BCUT2D eigenvalue weighted by atomic mass is 10.1. The van der Waals surface area contributed by atoms with Gasteiger partial charge in [0.15, 0.2) is 0 Å². The summed E-state index contributed by atoms with van der Waals surface area (Å²) in [5, 5.41) is 2.22. The van der Waals surface area contributed by atoms with Crippen LogP contribution in [0.3, 0.4) is 0 Å². The molecule has 6 heteroatoms. The molecule has 0 atom stereocenters. The topological polar surface area (TPSA) is 64.6 Å². The molecule has 0 spiro atoms. The zero-order valence-electron chi connectivity index (χ0n) is 15.7. The van der Waals surface area contributed by atoms with Crippen LogP contribution in [0.1, 0.15) is 11.1 Å². The van der Waals surface area contributed by atoms with E-state index in [9.17, 15) is 8.42 Å². The lowest BCUT2D eigenvalue weighted by molar-refractivity contribution is 0.323. The second kappa shape index (κ2) is 7.98. The van der Waals surface area contributed by atoms with Crippen LogP contribution in [0.2, 0.25) is 0 Å². The van der Waals surface area contributed by atoms with E-state index in [4.69, 9.17) is 9.47 Å². The van der Waals surface area contributed by atoms with E-state index in [1.165, 1.54) is 0 Å². The maximum absolute atomic E-state index is 12.6. The largest absolute Gasteiger partial charge is 0.496 e. The Labute approximate surface area is 160 Å². The number of rotatable bonds is 7. The predicted octanol–water partition coefficient (Wildman–Crippen LogP) is 3.82. The Morgan fingerprint density at radius 3 is 2.41 bits per heavy atom. The summed E-state index contributed by atoms with van der Waals surface area (Å²) in [5.74, 6) is 1.38. The molecule has 0 radical (unpaired) electrons. The smallest absolute Gasteiger partial charge is 0.240 e. The van der Waals surface area contributed by atoms with Gasteiger partial charge in [-0.3, -0.25) is 0 Å². The van der Waals surface area contributed by atoms with Gasteiger partial charge in [0.25, 0.3) is 0 Å². The van der Waals surface area contributed by atoms with E-state index in [1.54, 1.807) is 26.2 Å². The fourth-order valence-corrected chi connectivity index (χ4v) is 4.27. The lowest BCUT2D eigenvalue weighted by Crippen LogP contribution is -2.29. The number of benzene rings is 3. The summed E-state index contributed by atoms with van der Waals surface area (Å²) in [4.78, 5) is 0.256. The van der Waals surface area contributed by atoms with Gasteiger partial charge in [-0.15, -0.1) is 0 Å². The number of fused-ring (bicyclic) bond motifs is 1. The molecule has 0 unspecified atom stereocenters. The van der Waals surface area contributed by atoms with Gasteiger partial charge in [0.1, 0.15) is 18.1 Å². The Balaban J connectivity index is 1.63. The van der Waals surface area contributed by atoms with E-state index >= 15 is 0 Å². The number of ether oxygens (including phenoxy) is 2. The van der Waals surface area contributed by atoms with Crippen molar-refractivity contribution in [3.63, 3.8) is 0 Å². The van der Waals surface area contributed by atoms with Crippen molar-refractivity contribution < 1.29 is 17.9 Å². The van der Waals surface area contributed by atoms with Crippen molar-refractivity contribution in [3.05, 3.63) is 65.7 Å². The first kappa shape index (κ1) is 19.2. The molecule has 0 aliphatic carbocycles. The average Bonchev–Trinajstić information content (AvgIpc) is 2.66. The molecular formula is C21H23NO4S. The second-order valence-corrected chi connectivity index (χ2v) is 8.08. The van der Waals surface area contributed by atoms with Crippen molar-refractivity contribution in [2.75, 3.05) is 20.3 Å².